The normalized spacial score (nSPS) is 21.5. The van der Waals surface area contributed by atoms with Crippen molar-refractivity contribution in [3.8, 4) is 0 Å². The van der Waals surface area contributed by atoms with Crippen molar-refractivity contribution in [2.75, 3.05) is 37.7 Å². The van der Waals surface area contributed by atoms with Crippen LogP contribution in [0.1, 0.15) is 17.9 Å². The third kappa shape index (κ3) is 3.32. The summed E-state index contributed by atoms with van der Waals surface area (Å²) in [6, 6.07) is 13.6. The first kappa shape index (κ1) is 16.7. The molecule has 0 saturated carbocycles. The molecule has 3 heterocycles. The number of imide groups is 1. The fourth-order valence-electron chi connectivity index (χ4n) is 3.68. The maximum absolute atomic E-state index is 12.7. The van der Waals surface area contributed by atoms with Crippen molar-refractivity contribution in [1.82, 2.24) is 14.8 Å². The molecule has 4 rings (SSSR count). The lowest BCUT2D eigenvalue weighted by molar-refractivity contribution is -0.141. The lowest BCUT2D eigenvalue weighted by atomic mass is 9.98. The molecule has 2 saturated heterocycles. The van der Waals surface area contributed by atoms with E-state index in [0.717, 1.165) is 37.4 Å². The van der Waals surface area contributed by atoms with Crippen LogP contribution in [0.3, 0.4) is 0 Å². The van der Waals surface area contributed by atoms with Gasteiger partial charge in [0.1, 0.15) is 0 Å². The molecule has 134 valence electrons. The second-order valence-corrected chi connectivity index (χ2v) is 6.78. The van der Waals surface area contributed by atoms with Gasteiger partial charge in [-0.3, -0.25) is 24.4 Å². The van der Waals surface area contributed by atoms with E-state index in [1.807, 2.05) is 42.5 Å². The standard InChI is InChI=1S/C20H22N4O2/c25-19-14-18(16-4-2-1-3-5-16)20(26)24(19)15-22-10-12-23(13-11-22)17-6-8-21-9-7-17/h1-9,18H,10-15H2/t18-/m0/s1. The summed E-state index contributed by atoms with van der Waals surface area (Å²) in [6.07, 6.45) is 3.87. The summed E-state index contributed by atoms with van der Waals surface area (Å²) in [5.41, 5.74) is 2.09. The lowest BCUT2D eigenvalue weighted by Crippen LogP contribution is -2.51. The molecule has 2 fully saturated rings. The summed E-state index contributed by atoms with van der Waals surface area (Å²) in [6.45, 7) is 3.81. The van der Waals surface area contributed by atoms with Crippen LogP contribution in [0.4, 0.5) is 5.69 Å². The Labute approximate surface area is 153 Å². The molecule has 2 aliphatic rings. The molecule has 2 amide bonds. The fraction of sp³-hybridized carbons (Fsp3) is 0.350. The van der Waals surface area contributed by atoms with E-state index in [0.29, 0.717) is 6.67 Å². The number of nitrogens with zero attached hydrogens (tertiary/aromatic N) is 4. The molecule has 0 spiro atoms. The highest BCUT2D eigenvalue weighted by atomic mass is 16.2. The number of carbonyl (C=O) groups is 2. The molecule has 0 bridgehead atoms. The number of carbonyl (C=O) groups excluding carboxylic acids is 2. The number of hydrogen-bond donors (Lipinski definition) is 0. The van der Waals surface area contributed by atoms with E-state index in [2.05, 4.69) is 14.8 Å². The van der Waals surface area contributed by atoms with Crippen molar-refractivity contribution in [3.05, 3.63) is 60.4 Å². The van der Waals surface area contributed by atoms with Gasteiger partial charge in [-0.25, -0.2) is 0 Å². The molecular formula is C20H22N4O2. The number of rotatable bonds is 4. The molecular weight excluding hydrogens is 328 g/mol. The minimum absolute atomic E-state index is 0.0691. The van der Waals surface area contributed by atoms with Gasteiger partial charge in [-0.2, -0.15) is 0 Å². The number of likely N-dealkylation sites (tertiary alicyclic amines) is 1. The van der Waals surface area contributed by atoms with Gasteiger partial charge in [0.15, 0.2) is 0 Å². The van der Waals surface area contributed by atoms with Crippen LogP contribution in [0.2, 0.25) is 0 Å². The Kier molecular flexibility index (Phi) is 4.67. The number of benzene rings is 1. The van der Waals surface area contributed by atoms with Crippen molar-refractivity contribution in [3.63, 3.8) is 0 Å². The van der Waals surface area contributed by atoms with Crippen LogP contribution in [0, 0.1) is 0 Å². The van der Waals surface area contributed by atoms with E-state index in [-0.39, 0.29) is 24.2 Å². The van der Waals surface area contributed by atoms with Gasteiger partial charge in [0.05, 0.1) is 12.6 Å². The zero-order chi connectivity index (χ0) is 17.9. The number of hydrogen-bond acceptors (Lipinski definition) is 5. The maximum atomic E-state index is 12.7. The Hall–Kier alpha value is -2.73. The lowest BCUT2D eigenvalue weighted by Gasteiger charge is -2.37. The Morgan fingerprint density at radius 2 is 1.62 bits per heavy atom. The van der Waals surface area contributed by atoms with Crippen molar-refractivity contribution in [2.24, 2.45) is 0 Å². The van der Waals surface area contributed by atoms with Crippen LogP contribution in [0.25, 0.3) is 0 Å². The third-order valence-corrected chi connectivity index (χ3v) is 5.19. The molecule has 26 heavy (non-hydrogen) atoms. The Balaban J connectivity index is 1.36. The first-order valence-corrected chi connectivity index (χ1v) is 8.99. The van der Waals surface area contributed by atoms with Crippen LogP contribution in [-0.2, 0) is 9.59 Å². The van der Waals surface area contributed by atoms with Gasteiger partial charge in [-0.15, -0.1) is 0 Å². The van der Waals surface area contributed by atoms with Gasteiger partial charge >= 0.3 is 0 Å². The van der Waals surface area contributed by atoms with Crippen LogP contribution < -0.4 is 4.90 Å². The number of anilines is 1. The molecule has 6 heteroatoms. The van der Waals surface area contributed by atoms with Gasteiger partial charge in [0, 0.05) is 50.7 Å². The van der Waals surface area contributed by atoms with Crippen LogP contribution in [0.15, 0.2) is 54.9 Å². The van der Waals surface area contributed by atoms with E-state index in [1.165, 1.54) is 4.90 Å². The zero-order valence-electron chi connectivity index (χ0n) is 14.6. The third-order valence-electron chi connectivity index (χ3n) is 5.19. The summed E-state index contributed by atoms with van der Waals surface area (Å²) in [4.78, 5) is 35.1. The van der Waals surface area contributed by atoms with Gasteiger partial charge in [-0.05, 0) is 17.7 Å². The number of aromatic nitrogens is 1. The molecule has 1 atom stereocenters. The van der Waals surface area contributed by atoms with E-state index >= 15 is 0 Å². The molecule has 2 aliphatic heterocycles. The van der Waals surface area contributed by atoms with Crippen LogP contribution in [-0.4, -0.2) is 59.4 Å². The average Bonchev–Trinajstić information content (AvgIpc) is 2.98. The van der Waals surface area contributed by atoms with Gasteiger partial charge in [0.2, 0.25) is 11.8 Å². The van der Waals surface area contributed by atoms with E-state index in [1.54, 1.807) is 12.4 Å². The first-order chi connectivity index (χ1) is 12.7. The van der Waals surface area contributed by atoms with Gasteiger partial charge in [-0.1, -0.05) is 30.3 Å². The van der Waals surface area contributed by atoms with Crippen molar-refractivity contribution in [1.29, 1.82) is 0 Å². The molecule has 2 aromatic rings. The molecule has 0 N–H and O–H groups in total. The number of piperazine rings is 1. The predicted molar refractivity (Wildman–Crippen MR) is 98.5 cm³/mol. The molecule has 6 nitrogen and oxygen atoms in total. The molecule has 0 unspecified atom stereocenters. The van der Waals surface area contributed by atoms with E-state index in [9.17, 15) is 9.59 Å². The summed E-state index contributed by atoms with van der Waals surface area (Å²) < 4.78 is 0. The quantitative estimate of drug-likeness (QED) is 0.786. The second kappa shape index (κ2) is 7.25. The van der Waals surface area contributed by atoms with E-state index in [4.69, 9.17) is 0 Å². The Bertz CT molecular complexity index is 773. The van der Waals surface area contributed by atoms with Gasteiger partial charge in [0.25, 0.3) is 0 Å². The summed E-state index contributed by atoms with van der Waals surface area (Å²) >= 11 is 0. The molecule has 1 aromatic carbocycles. The zero-order valence-corrected chi connectivity index (χ0v) is 14.6. The smallest absolute Gasteiger partial charge is 0.238 e. The predicted octanol–water partition coefficient (Wildman–Crippen LogP) is 1.70. The summed E-state index contributed by atoms with van der Waals surface area (Å²) in [5.74, 6) is -0.472. The van der Waals surface area contributed by atoms with Crippen molar-refractivity contribution >= 4 is 17.5 Å². The van der Waals surface area contributed by atoms with E-state index < -0.39 is 0 Å². The van der Waals surface area contributed by atoms with Crippen LogP contribution >= 0.6 is 0 Å². The average molecular weight is 350 g/mol. The number of pyridine rings is 1. The maximum Gasteiger partial charge on any atom is 0.238 e. The van der Waals surface area contributed by atoms with Gasteiger partial charge < -0.3 is 4.90 Å². The Morgan fingerprint density at radius 3 is 2.31 bits per heavy atom. The number of amides is 2. The largest absolute Gasteiger partial charge is 0.369 e. The van der Waals surface area contributed by atoms with Crippen molar-refractivity contribution in [2.45, 2.75) is 12.3 Å². The van der Waals surface area contributed by atoms with Crippen LogP contribution in [0.5, 0.6) is 0 Å². The highest BCUT2D eigenvalue weighted by molar-refractivity contribution is 6.06. The van der Waals surface area contributed by atoms with Crippen molar-refractivity contribution < 1.29 is 9.59 Å². The first-order valence-electron chi connectivity index (χ1n) is 8.99. The minimum Gasteiger partial charge on any atom is -0.369 e. The Morgan fingerprint density at radius 1 is 0.923 bits per heavy atom. The highest BCUT2D eigenvalue weighted by Gasteiger charge is 2.40. The SMILES string of the molecule is O=C1C[C@@H](c2ccccc2)C(=O)N1CN1CCN(c2ccncc2)CC1. The summed E-state index contributed by atoms with van der Waals surface area (Å²) in [5, 5.41) is 0. The fourth-order valence-corrected chi connectivity index (χ4v) is 3.68. The molecule has 0 radical (unpaired) electrons. The monoisotopic (exact) mass is 350 g/mol. The summed E-state index contributed by atoms with van der Waals surface area (Å²) in [7, 11) is 0. The second-order valence-electron chi connectivity index (χ2n) is 6.78. The molecule has 0 aliphatic carbocycles. The highest BCUT2D eigenvalue weighted by Crippen LogP contribution is 2.29. The minimum atomic E-state index is -0.332. The molecule has 1 aromatic heterocycles. The topological polar surface area (TPSA) is 56.8 Å².